The van der Waals surface area contributed by atoms with Crippen molar-refractivity contribution in [2.24, 2.45) is 5.10 Å². The molecule has 1 aromatic heterocycles. The first-order chi connectivity index (χ1) is 19.1. The fraction of sp³-hybridized carbons (Fsp3) is 0.120. The highest BCUT2D eigenvalue weighted by Crippen LogP contribution is 2.34. The number of nitrogens with zero attached hydrogens (tertiary/aromatic N) is 4. The smallest absolute Gasteiger partial charge is 0.416 e. The molecule has 4 rings (SSSR count). The number of hydrogen-bond donors (Lipinski definition) is 3. The van der Waals surface area contributed by atoms with E-state index in [1.54, 1.807) is 0 Å². The Morgan fingerprint density at radius 3 is 2.73 bits per heavy atom. The third kappa shape index (κ3) is 7.90. The Kier molecular flexibility index (Phi) is 9.55. The van der Waals surface area contributed by atoms with Crippen LogP contribution in [0.3, 0.4) is 0 Å². The number of anilines is 2. The van der Waals surface area contributed by atoms with E-state index in [4.69, 9.17) is 22.2 Å². The van der Waals surface area contributed by atoms with Gasteiger partial charge in [-0.1, -0.05) is 63.6 Å². The minimum absolute atomic E-state index is 0.0298. The van der Waals surface area contributed by atoms with Crippen molar-refractivity contribution in [1.82, 2.24) is 14.9 Å². The summed E-state index contributed by atoms with van der Waals surface area (Å²) in [4.78, 5) is 12.3. The summed E-state index contributed by atoms with van der Waals surface area (Å²) in [5.41, 5.74) is 3.28. The predicted molar refractivity (Wildman–Crippen MR) is 152 cm³/mol. The van der Waals surface area contributed by atoms with E-state index < -0.39 is 17.6 Å². The molecular formula is C25H20BrClF3N7O2S. The number of benzene rings is 3. The summed E-state index contributed by atoms with van der Waals surface area (Å²) in [6.45, 7) is 0.364. The van der Waals surface area contributed by atoms with E-state index in [-0.39, 0.29) is 27.6 Å². The summed E-state index contributed by atoms with van der Waals surface area (Å²) in [5, 5.41) is 14.4. The third-order valence-corrected chi connectivity index (χ3v) is 6.90. The van der Waals surface area contributed by atoms with Gasteiger partial charge in [0.05, 0.1) is 28.2 Å². The van der Waals surface area contributed by atoms with Gasteiger partial charge in [-0.25, -0.2) is 10.1 Å². The largest absolute Gasteiger partial charge is 0.488 e. The van der Waals surface area contributed by atoms with Crippen LogP contribution in [0, 0.1) is 0 Å². The number of aromatic nitrogens is 3. The molecule has 1 heterocycles. The number of carbonyl (C=O) groups is 1. The van der Waals surface area contributed by atoms with Crippen LogP contribution in [0.4, 0.5) is 24.8 Å². The van der Waals surface area contributed by atoms with Gasteiger partial charge in [0, 0.05) is 10.0 Å². The Balaban J connectivity index is 1.32. The lowest BCUT2D eigenvalue weighted by atomic mass is 10.2. The number of nitrogen functional groups attached to an aromatic ring is 1. The van der Waals surface area contributed by atoms with Crippen molar-refractivity contribution in [3.8, 4) is 5.75 Å². The van der Waals surface area contributed by atoms with Crippen LogP contribution in [-0.4, -0.2) is 32.7 Å². The molecule has 9 nitrogen and oxygen atoms in total. The van der Waals surface area contributed by atoms with Crippen molar-refractivity contribution >= 4 is 63.1 Å². The molecule has 4 N–H and O–H groups in total. The lowest BCUT2D eigenvalue weighted by Gasteiger charge is -2.11. The minimum atomic E-state index is -4.57. The molecule has 0 bridgehead atoms. The first-order valence-electron chi connectivity index (χ1n) is 11.4. The maximum absolute atomic E-state index is 13.0. The summed E-state index contributed by atoms with van der Waals surface area (Å²) in [6.07, 6.45) is -3.04. The van der Waals surface area contributed by atoms with Gasteiger partial charge in [-0.3, -0.25) is 4.79 Å². The third-order valence-electron chi connectivity index (χ3n) is 5.14. The molecule has 0 atom stereocenters. The highest BCUT2D eigenvalue weighted by Gasteiger charge is 2.31. The van der Waals surface area contributed by atoms with E-state index in [9.17, 15) is 18.0 Å². The van der Waals surface area contributed by atoms with Crippen LogP contribution < -0.4 is 21.3 Å². The molecule has 0 aliphatic carbocycles. The lowest BCUT2D eigenvalue weighted by Crippen LogP contribution is -2.17. The zero-order chi connectivity index (χ0) is 28.7. The van der Waals surface area contributed by atoms with Crippen molar-refractivity contribution in [2.45, 2.75) is 17.9 Å². The molecule has 0 saturated heterocycles. The average molecular weight is 655 g/mol. The van der Waals surface area contributed by atoms with Crippen LogP contribution in [0.5, 0.6) is 5.75 Å². The first-order valence-corrected chi connectivity index (χ1v) is 13.5. The fourth-order valence-electron chi connectivity index (χ4n) is 3.23. The number of thioether (sulfide) groups is 1. The van der Waals surface area contributed by atoms with Gasteiger partial charge in [0.25, 0.3) is 5.95 Å². The number of halogens is 5. The van der Waals surface area contributed by atoms with Gasteiger partial charge < -0.3 is 15.9 Å². The van der Waals surface area contributed by atoms with E-state index in [0.717, 1.165) is 44.7 Å². The summed E-state index contributed by atoms with van der Waals surface area (Å²) in [7, 11) is 0. The molecule has 3 aromatic carbocycles. The molecule has 0 aliphatic rings. The van der Waals surface area contributed by atoms with Gasteiger partial charge in [0.2, 0.25) is 11.1 Å². The molecule has 1 amide bonds. The van der Waals surface area contributed by atoms with Crippen molar-refractivity contribution < 1.29 is 22.7 Å². The summed E-state index contributed by atoms with van der Waals surface area (Å²) in [6, 6.07) is 17.8. The number of nitrogens with two attached hydrogens (primary N) is 1. The van der Waals surface area contributed by atoms with Crippen molar-refractivity contribution in [3.63, 3.8) is 0 Å². The van der Waals surface area contributed by atoms with Crippen LogP contribution in [0.15, 0.2) is 81.5 Å². The molecular weight excluding hydrogens is 635 g/mol. The quantitative estimate of drug-likeness (QED) is 0.0809. The number of alkyl halides is 3. The molecule has 0 spiro atoms. The zero-order valence-corrected chi connectivity index (χ0v) is 23.5. The van der Waals surface area contributed by atoms with Gasteiger partial charge in [0.1, 0.15) is 12.4 Å². The number of ether oxygens (including phenoxy) is 1. The Labute approximate surface area is 244 Å². The van der Waals surface area contributed by atoms with Gasteiger partial charge in [-0.05, 0) is 48.0 Å². The van der Waals surface area contributed by atoms with Crippen LogP contribution in [0.1, 0.15) is 16.7 Å². The van der Waals surface area contributed by atoms with Crippen LogP contribution in [-0.2, 0) is 17.6 Å². The SMILES string of the molecule is Nn1c(N/N=C/c2ccccc2OCc2cccc(Br)c2)nnc1SCC(=O)Nc1cc(C(F)(F)F)ccc1Cl. The Morgan fingerprint density at radius 2 is 1.95 bits per heavy atom. The van der Waals surface area contributed by atoms with Crippen molar-refractivity contribution in [1.29, 1.82) is 0 Å². The maximum atomic E-state index is 13.0. The first kappa shape index (κ1) is 29.2. The van der Waals surface area contributed by atoms with Crippen LogP contribution in [0.2, 0.25) is 5.02 Å². The van der Waals surface area contributed by atoms with Crippen molar-refractivity contribution in [3.05, 3.63) is 92.9 Å². The van der Waals surface area contributed by atoms with E-state index in [0.29, 0.717) is 17.9 Å². The second-order valence-electron chi connectivity index (χ2n) is 8.03. The molecule has 0 unspecified atom stereocenters. The normalized spacial score (nSPS) is 11.5. The zero-order valence-electron chi connectivity index (χ0n) is 20.3. The summed E-state index contributed by atoms with van der Waals surface area (Å²) in [5.74, 6) is 5.88. The van der Waals surface area contributed by atoms with Gasteiger partial charge in [0.15, 0.2) is 0 Å². The highest BCUT2D eigenvalue weighted by atomic mass is 79.9. The Morgan fingerprint density at radius 1 is 1.15 bits per heavy atom. The fourth-order valence-corrected chi connectivity index (χ4v) is 4.50. The summed E-state index contributed by atoms with van der Waals surface area (Å²) >= 11 is 10.3. The summed E-state index contributed by atoms with van der Waals surface area (Å²) < 4.78 is 46.8. The molecule has 0 saturated carbocycles. The second kappa shape index (κ2) is 13.1. The standard InChI is InChI=1S/C25H20BrClF3N7O2S/c26-18-6-3-4-15(10-18)13-39-21-7-2-1-5-16(21)12-32-34-23-35-36-24(37(23)31)40-14-22(38)33-20-11-17(25(28,29)30)8-9-19(20)27/h1-12H,13-14,31H2,(H,33,38)(H,34,35)/b32-12+. The molecule has 0 fully saturated rings. The maximum Gasteiger partial charge on any atom is 0.416 e. The predicted octanol–water partition coefficient (Wildman–Crippen LogP) is 6.18. The topological polar surface area (TPSA) is 119 Å². The van der Waals surface area contributed by atoms with Gasteiger partial charge >= 0.3 is 6.18 Å². The minimum Gasteiger partial charge on any atom is -0.488 e. The number of hydrazone groups is 1. The molecule has 0 radical (unpaired) electrons. The number of para-hydroxylation sites is 1. The molecule has 15 heteroatoms. The molecule has 0 aliphatic heterocycles. The van der Waals surface area contributed by atoms with E-state index in [1.165, 1.54) is 6.21 Å². The lowest BCUT2D eigenvalue weighted by molar-refractivity contribution is -0.137. The van der Waals surface area contributed by atoms with Gasteiger partial charge in [-0.2, -0.15) is 18.3 Å². The number of amides is 1. The number of rotatable bonds is 10. The van der Waals surface area contributed by atoms with Gasteiger partial charge in [-0.15, -0.1) is 10.2 Å². The molecule has 40 heavy (non-hydrogen) atoms. The van der Waals surface area contributed by atoms with Crippen LogP contribution >= 0.6 is 39.3 Å². The molecule has 208 valence electrons. The molecule has 4 aromatic rings. The second-order valence-corrected chi connectivity index (χ2v) is 10.3. The van der Waals surface area contributed by atoms with E-state index in [1.807, 2.05) is 48.5 Å². The van der Waals surface area contributed by atoms with E-state index >= 15 is 0 Å². The highest BCUT2D eigenvalue weighted by molar-refractivity contribution is 9.10. The number of carbonyl (C=O) groups excluding carboxylic acids is 1. The number of hydrogen-bond acceptors (Lipinski definition) is 8. The Hall–Kier alpha value is -3.75. The van der Waals surface area contributed by atoms with E-state index in [2.05, 4.69) is 42.0 Å². The van der Waals surface area contributed by atoms with Crippen LogP contribution in [0.25, 0.3) is 0 Å². The number of nitrogens with one attached hydrogen (secondary N) is 2. The monoisotopic (exact) mass is 653 g/mol. The Bertz CT molecular complexity index is 1530. The average Bonchev–Trinajstić information content (AvgIpc) is 3.26. The van der Waals surface area contributed by atoms with Crippen molar-refractivity contribution in [2.75, 3.05) is 22.3 Å².